The lowest BCUT2D eigenvalue weighted by atomic mass is 10.1. The molecule has 1 fully saturated rings. The van der Waals surface area contributed by atoms with Gasteiger partial charge in [0, 0.05) is 25.6 Å². The number of aliphatic imine (C=N–C) groups is 1. The number of guanidine groups is 1. The van der Waals surface area contributed by atoms with Crippen molar-refractivity contribution in [2.45, 2.75) is 71.1 Å². The number of nitrogens with zero attached hydrogens (tertiary/aromatic N) is 1. The van der Waals surface area contributed by atoms with Crippen molar-refractivity contribution in [1.29, 1.82) is 0 Å². The molecule has 1 atom stereocenters. The number of aliphatic hydroxyl groups is 1. The average Bonchev–Trinajstić information content (AvgIpc) is 3.19. The molecule has 0 heterocycles. The number of benzene rings is 1. The molecule has 2 rings (SSSR count). The topological polar surface area (TPSA) is 95.0 Å². The number of carbonyl (C=O) groups is 1. The van der Waals surface area contributed by atoms with E-state index in [1.807, 2.05) is 45.0 Å². The Morgan fingerprint density at radius 3 is 2.47 bits per heavy atom. The van der Waals surface area contributed by atoms with E-state index < -0.39 is 6.10 Å². The molecule has 1 aliphatic carbocycles. The van der Waals surface area contributed by atoms with Gasteiger partial charge in [-0.05, 0) is 51.3 Å². The number of nitrogens with one attached hydrogen (secondary N) is 3. The first-order valence-electron chi connectivity index (χ1n) is 10.7. The van der Waals surface area contributed by atoms with E-state index in [1.165, 1.54) is 12.8 Å². The molecule has 8 heteroatoms. The van der Waals surface area contributed by atoms with Crippen molar-refractivity contribution >= 4 is 35.8 Å². The number of halogens is 1. The van der Waals surface area contributed by atoms with Crippen molar-refractivity contribution < 1.29 is 14.6 Å². The summed E-state index contributed by atoms with van der Waals surface area (Å²) in [5.74, 6) is 1.45. The van der Waals surface area contributed by atoms with Gasteiger partial charge < -0.3 is 25.8 Å². The summed E-state index contributed by atoms with van der Waals surface area (Å²) in [6.07, 6.45) is 4.40. The Kier molecular flexibility index (Phi) is 12.8. The zero-order valence-electron chi connectivity index (χ0n) is 18.3. The third-order valence-electron chi connectivity index (χ3n) is 4.77. The highest BCUT2D eigenvalue weighted by Gasteiger charge is 2.16. The van der Waals surface area contributed by atoms with Crippen LogP contribution in [-0.2, 0) is 4.79 Å². The van der Waals surface area contributed by atoms with Crippen LogP contribution in [0.3, 0.4) is 0 Å². The Hall–Kier alpha value is -1.55. The van der Waals surface area contributed by atoms with Crippen molar-refractivity contribution in [2.75, 3.05) is 19.6 Å². The first-order chi connectivity index (χ1) is 14.0. The third kappa shape index (κ3) is 9.97. The summed E-state index contributed by atoms with van der Waals surface area (Å²) in [4.78, 5) is 16.5. The molecule has 0 saturated heterocycles. The SMILES string of the molecule is CCNC(=NCC(O)c1ccc(OC(C)C)cc1)NCCC(=O)NC1CCCC1.I. The van der Waals surface area contributed by atoms with E-state index in [0.717, 1.165) is 24.2 Å². The predicted octanol–water partition coefficient (Wildman–Crippen LogP) is 3.13. The number of ether oxygens (including phenoxy) is 1. The van der Waals surface area contributed by atoms with E-state index in [0.29, 0.717) is 31.5 Å². The molecule has 7 nitrogen and oxygen atoms in total. The van der Waals surface area contributed by atoms with Crippen LogP contribution in [0.1, 0.15) is 64.5 Å². The van der Waals surface area contributed by atoms with Gasteiger partial charge >= 0.3 is 0 Å². The Balaban J connectivity index is 0.00000450. The monoisotopic (exact) mass is 532 g/mol. The van der Waals surface area contributed by atoms with Gasteiger partial charge in [0.05, 0.1) is 18.8 Å². The second kappa shape index (κ2) is 14.5. The quantitative estimate of drug-likeness (QED) is 0.211. The average molecular weight is 532 g/mol. The van der Waals surface area contributed by atoms with Crippen LogP contribution in [0.25, 0.3) is 0 Å². The molecular weight excluding hydrogens is 495 g/mol. The minimum Gasteiger partial charge on any atom is -0.491 e. The van der Waals surface area contributed by atoms with Crippen molar-refractivity contribution in [3.8, 4) is 5.75 Å². The van der Waals surface area contributed by atoms with Crippen LogP contribution in [0.2, 0.25) is 0 Å². The predicted molar refractivity (Wildman–Crippen MR) is 132 cm³/mol. The van der Waals surface area contributed by atoms with E-state index in [2.05, 4.69) is 20.9 Å². The highest BCUT2D eigenvalue weighted by Crippen LogP contribution is 2.19. The number of carbonyl (C=O) groups excluding carboxylic acids is 1. The van der Waals surface area contributed by atoms with Crippen molar-refractivity contribution in [2.24, 2.45) is 4.99 Å². The van der Waals surface area contributed by atoms with Crippen molar-refractivity contribution in [1.82, 2.24) is 16.0 Å². The van der Waals surface area contributed by atoms with Gasteiger partial charge in [-0.3, -0.25) is 9.79 Å². The molecule has 0 radical (unpaired) electrons. The van der Waals surface area contributed by atoms with Crippen LogP contribution >= 0.6 is 24.0 Å². The van der Waals surface area contributed by atoms with Gasteiger partial charge in [-0.25, -0.2) is 0 Å². The molecule has 0 spiro atoms. The molecule has 1 saturated carbocycles. The van der Waals surface area contributed by atoms with Crippen LogP contribution in [0.5, 0.6) is 5.75 Å². The molecule has 170 valence electrons. The summed E-state index contributed by atoms with van der Waals surface area (Å²) >= 11 is 0. The molecule has 0 aromatic heterocycles. The molecule has 1 aliphatic rings. The molecule has 1 aromatic carbocycles. The lowest BCUT2D eigenvalue weighted by Crippen LogP contribution is -2.40. The Bertz CT molecular complexity index is 646. The number of rotatable bonds is 10. The summed E-state index contributed by atoms with van der Waals surface area (Å²) in [6.45, 7) is 7.37. The van der Waals surface area contributed by atoms with Crippen molar-refractivity contribution in [3.05, 3.63) is 29.8 Å². The van der Waals surface area contributed by atoms with E-state index >= 15 is 0 Å². The van der Waals surface area contributed by atoms with E-state index in [-0.39, 0.29) is 42.5 Å². The number of aliphatic hydroxyl groups excluding tert-OH is 1. The molecule has 4 N–H and O–H groups in total. The first-order valence-corrected chi connectivity index (χ1v) is 10.7. The van der Waals surface area contributed by atoms with Crippen LogP contribution in [-0.4, -0.2) is 48.8 Å². The van der Waals surface area contributed by atoms with Gasteiger partial charge in [0.25, 0.3) is 0 Å². The van der Waals surface area contributed by atoms with Crippen LogP contribution < -0.4 is 20.7 Å². The lowest BCUT2D eigenvalue weighted by Gasteiger charge is -2.15. The molecule has 30 heavy (non-hydrogen) atoms. The van der Waals surface area contributed by atoms with Crippen molar-refractivity contribution in [3.63, 3.8) is 0 Å². The maximum Gasteiger partial charge on any atom is 0.221 e. The summed E-state index contributed by atoms with van der Waals surface area (Å²) in [6, 6.07) is 7.76. The minimum atomic E-state index is -0.704. The van der Waals surface area contributed by atoms with E-state index in [9.17, 15) is 9.90 Å². The Morgan fingerprint density at radius 2 is 1.87 bits per heavy atom. The lowest BCUT2D eigenvalue weighted by molar-refractivity contribution is -0.121. The summed E-state index contributed by atoms with van der Waals surface area (Å²) < 4.78 is 5.62. The van der Waals surface area contributed by atoms with E-state index in [1.54, 1.807) is 0 Å². The second-order valence-electron chi connectivity index (χ2n) is 7.70. The largest absolute Gasteiger partial charge is 0.491 e. The van der Waals surface area contributed by atoms with Gasteiger partial charge in [-0.1, -0.05) is 25.0 Å². The number of hydrogen-bond donors (Lipinski definition) is 4. The molecule has 1 aromatic rings. The third-order valence-corrected chi connectivity index (χ3v) is 4.77. The van der Waals surface area contributed by atoms with Gasteiger partial charge in [0.2, 0.25) is 5.91 Å². The zero-order valence-corrected chi connectivity index (χ0v) is 20.6. The molecule has 1 unspecified atom stereocenters. The Labute approximate surface area is 197 Å². The standard InChI is InChI=1S/C22H36N4O3.HI/c1-4-23-22(24-14-13-21(28)26-18-7-5-6-8-18)25-15-20(27)17-9-11-19(12-10-17)29-16(2)3;/h9-12,16,18,20,27H,4-8,13-15H2,1-3H3,(H,26,28)(H2,23,24,25);1H. The molecule has 0 aliphatic heterocycles. The maximum absolute atomic E-state index is 12.0. The van der Waals surface area contributed by atoms with Crippen LogP contribution in [0.15, 0.2) is 29.3 Å². The highest BCUT2D eigenvalue weighted by molar-refractivity contribution is 14.0. The van der Waals surface area contributed by atoms with Gasteiger partial charge in [-0.2, -0.15) is 0 Å². The fraction of sp³-hybridized carbons (Fsp3) is 0.636. The Morgan fingerprint density at radius 1 is 1.20 bits per heavy atom. The number of hydrogen-bond acceptors (Lipinski definition) is 4. The summed E-state index contributed by atoms with van der Waals surface area (Å²) in [5.41, 5.74) is 0.789. The van der Waals surface area contributed by atoms with Gasteiger partial charge in [0.1, 0.15) is 5.75 Å². The number of amides is 1. The van der Waals surface area contributed by atoms with Crippen LogP contribution in [0.4, 0.5) is 0 Å². The smallest absolute Gasteiger partial charge is 0.221 e. The fourth-order valence-corrected chi connectivity index (χ4v) is 3.33. The second-order valence-corrected chi connectivity index (χ2v) is 7.70. The minimum absolute atomic E-state index is 0. The summed E-state index contributed by atoms with van der Waals surface area (Å²) in [7, 11) is 0. The first kappa shape index (κ1) is 26.5. The van der Waals surface area contributed by atoms with Gasteiger partial charge in [0.15, 0.2) is 5.96 Å². The zero-order chi connectivity index (χ0) is 21.1. The molecule has 1 amide bonds. The van der Waals surface area contributed by atoms with Gasteiger partial charge in [-0.15, -0.1) is 24.0 Å². The molecular formula is C22H37IN4O3. The maximum atomic E-state index is 12.0. The normalized spacial score (nSPS) is 15.4. The van der Waals surface area contributed by atoms with Crippen LogP contribution in [0, 0.1) is 0 Å². The summed E-state index contributed by atoms with van der Waals surface area (Å²) in [5, 5.41) is 19.8. The highest BCUT2D eigenvalue weighted by atomic mass is 127. The fourth-order valence-electron chi connectivity index (χ4n) is 3.33. The molecule has 0 bridgehead atoms. The van der Waals surface area contributed by atoms with E-state index in [4.69, 9.17) is 4.74 Å².